The molecule has 1 aliphatic heterocycles. The molecule has 0 atom stereocenters. The van der Waals surface area contributed by atoms with Crippen molar-refractivity contribution in [3.05, 3.63) is 133 Å². The number of anilines is 1. The molecule has 5 nitrogen and oxygen atoms in total. The van der Waals surface area contributed by atoms with E-state index in [4.69, 9.17) is 18.9 Å². The van der Waals surface area contributed by atoms with Crippen molar-refractivity contribution in [3.8, 4) is 34.1 Å². The van der Waals surface area contributed by atoms with Crippen LogP contribution >= 0.6 is 15.9 Å². The van der Waals surface area contributed by atoms with Gasteiger partial charge in [-0.3, -0.25) is 0 Å². The van der Waals surface area contributed by atoms with Gasteiger partial charge in [0.15, 0.2) is 0 Å². The highest BCUT2D eigenvalue weighted by Gasteiger charge is 2.25. The molecule has 0 saturated carbocycles. The Hall–Kier alpha value is -4.42. The van der Waals surface area contributed by atoms with E-state index in [2.05, 4.69) is 135 Å². The first-order valence-corrected chi connectivity index (χ1v) is 22.7. The second kappa shape index (κ2) is 19.6. The number of nitrogens with zero attached hydrogens (tertiary/aromatic N) is 1. The van der Waals surface area contributed by atoms with E-state index in [9.17, 15) is 0 Å². The fraction of sp³-hybridized carbons (Fsp3) is 0.423. The Morgan fingerprint density at radius 2 is 0.828 bits per heavy atom. The number of halogens is 1. The van der Waals surface area contributed by atoms with Crippen LogP contribution in [-0.2, 0) is 25.7 Å². The largest absolute Gasteiger partial charge is 0.493 e. The van der Waals surface area contributed by atoms with Crippen LogP contribution in [-0.4, -0.2) is 39.5 Å². The molecule has 8 bridgehead atoms. The van der Waals surface area contributed by atoms with Gasteiger partial charge < -0.3 is 23.8 Å². The number of hydrogen-bond acceptors (Lipinski definition) is 5. The lowest BCUT2D eigenvalue weighted by molar-refractivity contribution is 0.304. The van der Waals surface area contributed by atoms with E-state index in [1.165, 1.54) is 68.6 Å². The molecule has 0 N–H and O–H groups in total. The van der Waals surface area contributed by atoms with Crippen molar-refractivity contribution in [1.82, 2.24) is 0 Å². The second-order valence-corrected chi connectivity index (χ2v) is 17.3. The summed E-state index contributed by atoms with van der Waals surface area (Å²) in [7, 11) is 0. The summed E-state index contributed by atoms with van der Waals surface area (Å²) < 4.78 is 28.4. The van der Waals surface area contributed by atoms with Crippen molar-refractivity contribution in [2.45, 2.75) is 106 Å². The zero-order chi connectivity index (χ0) is 40.6. The fourth-order valence-electron chi connectivity index (χ4n) is 8.75. The highest BCUT2D eigenvalue weighted by atomic mass is 79.9. The minimum atomic E-state index is 0.638. The van der Waals surface area contributed by atoms with Crippen LogP contribution < -0.4 is 23.8 Å². The summed E-state index contributed by atoms with van der Waals surface area (Å²) in [5, 5.41) is 0. The predicted molar refractivity (Wildman–Crippen MR) is 244 cm³/mol. The first-order valence-electron chi connectivity index (χ1n) is 21.9. The highest BCUT2D eigenvalue weighted by Crippen LogP contribution is 2.43. The molecule has 0 unspecified atom stereocenters. The Morgan fingerprint density at radius 3 is 1.26 bits per heavy atom. The molecular weight excluding hydrogens is 782 g/mol. The van der Waals surface area contributed by atoms with Crippen LogP contribution in [0, 0.1) is 13.8 Å². The van der Waals surface area contributed by atoms with Gasteiger partial charge in [-0.1, -0.05) is 91.1 Å². The highest BCUT2D eigenvalue weighted by molar-refractivity contribution is 9.10. The van der Waals surface area contributed by atoms with Crippen LogP contribution in [0.4, 0.5) is 5.69 Å². The van der Waals surface area contributed by atoms with Gasteiger partial charge in [0.25, 0.3) is 0 Å². The number of hydrogen-bond donors (Lipinski definition) is 0. The van der Waals surface area contributed by atoms with Gasteiger partial charge >= 0.3 is 0 Å². The number of ether oxygens (including phenoxy) is 4. The smallest absolute Gasteiger partial charge is 0.126 e. The maximum atomic E-state index is 6.85. The first-order chi connectivity index (χ1) is 28.3. The van der Waals surface area contributed by atoms with E-state index in [1.54, 1.807) is 0 Å². The van der Waals surface area contributed by atoms with E-state index in [1.807, 2.05) is 0 Å². The van der Waals surface area contributed by atoms with E-state index < -0.39 is 0 Å². The molecule has 0 aromatic heterocycles. The molecule has 1 fully saturated rings. The summed E-state index contributed by atoms with van der Waals surface area (Å²) in [4.78, 5) is 2.55. The van der Waals surface area contributed by atoms with Gasteiger partial charge in [-0.2, -0.15) is 0 Å². The normalized spacial score (nSPS) is 13.7. The molecule has 5 aromatic carbocycles. The Labute approximate surface area is 356 Å². The first kappa shape index (κ1) is 41.7. The summed E-state index contributed by atoms with van der Waals surface area (Å²) >= 11 is 3.97. The molecule has 1 aliphatic carbocycles. The molecule has 5 aromatic rings. The molecule has 7 rings (SSSR count). The van der Waals surface area contributed by atoms with Gasteiger partial charge in [0.2, 0.25) is 0 Å². The van der Waals surface area contributed by atoms with E-state index in [-0.39, 0.29) is 0 Å². The third-order valence-electron chi connectivity index (χ3n) is 11.2. The zero-order valence-corrected chi connectivity index (χ0v) is 37.3. The fourth-order valence-corrected chi connectivity index (χ4v) is 9.30. The van der Waals surface area contributed by atoms with Crippen LogP contribution in [0.1, 0.15) is 122 Å². The minimum absolute atomic E-state index is 0.638. The van der Waals surface area contributed by atoms with Gasteiger partial charge in [-0.15, -0.1) is 0 Å². The van der Waals surface area contributed by atoms with Gasteiger partial charge in [0.1, 0.15) is 23.0 Å². The van der Waals surface area contributed by atoms with Crippen molar-refractivity contribution in [3.63, 3.8) is 0 Å². The van der Waals surface area contributed by atoms with Crippen molar-refractivity contribution in [2.24, 2.45) is 0 Å². The minimum Gasteiger partial charge on any atom is -0.493 e. The lowest BCUT2D eigenvalue weighted by Crippen LogP contribution is -2.19. The topological polar surface area (TPSA) is 40.2 Å². The van der Waals surface area contributed by atoms with Crippen LogP contribution in [0.15, 0.2) is 77.3 Å². The molecule has 1 heterocycles. The zero-order valence-electron chi connectivity index (χ0n) is 35.7. The summed E-state index contributed by atoms with van der Waals surface area (Å²) in [6, 6.07) is 27.6. The van der Waals surface area contributed by atoms with Crippen LogP contribution in [0.5, 0.6) is 23.0 Å². The second-order valence-electron chi connectivity index (χ2n) is 16.3. The Balaban J connectivity index is 1.53. The average molecular weight is 845 g/mol. The molecule has 2 aliphatic rings. The van der Waals surface area contributed by atoms with Gasteiger partial charge in [0, 0.05) is 71.2 Å². The van der Waals surface area contributed by atoms with E-state index in [0.717, 1.165) is 82.9 Å². The van der Waals surface area contributed by atoms with Crippen molar-refractivity contribution in [1.29, 1.82) is 0 Å². The number of rotatable bonds is 14. The third kappa shape index (κ3) is 9.71. The van der Waals surface area contributed by atoms with Gasteiger partial charge in [0.05, 0.1) is 26.4 Å². The molecule has 306 valence electrons. The summed E-state index contributed by atoms with van der Waals surface area (Å²) in [5.74, 6) is 3.90. The maximum Gasteiger partial charge on any atom is 0.126 e. The lowest BCUT2D eigenvalue weighted by atomic mass is 9.88. The number of benzene rings is 5. The monoisotopic (exact) mass is 843 g/mol. The molecular formula is C52H62BrNO4. The van der Waals surface area contributed by atoms with Gasteiger partial charge in [-0.25, -0.2) is 0 Å². The quantitative estimate of drug-likeness (QED) is 0.109. The predicted octanol–water partition coefficient (Wildman–Crippen LogP) is 13.2. The van der Waals surface area contributed by atoms with E-state index in [0.29, 0.717) is 52.1 Å². The van der Waals surface area contributed by atoms with Crippen LogP contribution in [0.3, 0.4) is 0 Å². The number of fused-ring (bicyclic) bond motifs is 8. The van der Waals surface area contributed by atoms with Crippen LogP contribution in [0.2, 0.25) is 0 Å². The lowest BCUT2D eigenvalue weighted by Gasteiger charge is -2.26. The summed E-state index contributed by atoms with van der Waals surface area (Å²) in [6.45, 7) is 17.8. The number of aryl methyl sites for hydroxylation is 2. The summed E-state index contributed by atoms with van der Waals surface area (Å²) in [5.41, 5.74) is 15.6. The van der Waals surface area contributed by atoms with Crippen LogP contribution in [0.25, 0.3) is 11.1 Å². The average Bonchev–Trinajstić information content (AvgIpc) is 3.74. The van der Waals surface area contributed by atoms with E-state index >= 15 is 0 Å². The SMILES string of the molecule is CCCOc1c2cccc1Cc1cc(N3CCCC3)cc(c1OCCC)Cc1cc(Br)cc(c1OCCC)Cc1cc(-c3cc(C)cc(C)c3)cc(c1OCCC)C2. The van der Waals surface area contributed by atoms with Crippen molar-refractivity contribution < 1.29 is 18.9 Å². The standard InChI is InChI=1S/C52H62BrNO4/c1-7-18-55-49-37-14-13-15-38(49)26-45-33-48(54-16-11-12-17-54)34-46(52(45)58-21-10-4)30-44-32-47(53)31-43(51(44)57-20-9-3)29-42-28-40(39-23-35(5)22-36(6)24-39)27-41(25-37)50(42)56-19-8-2/h13-15,22-24,27-28,31-34H,7-12,16-21,25-26,29-30H2,1-6H3. The molecule has 6 heteroatoms. The van der Waals surface area contributed by atoms with Crippen molar-refractivity contribution in [2.75, 3.05) is 44.4 Å². The number of para-hydroxylation sites is 1. The van der Waals surface area contributed by atoms with Crippen molar-refractivity contribution >= 4 is 21.6 Å². The Kier molecular flexibility index (Phi) is 14.1. The van der Waals surface area contributed by atoms with Gasteiger partial charge in [-0.05, 0) is 122 Å². The maximum absolute atomic E-state index is 6.85. The summed E-state index contributed by atoms with van der Waals surface area (Å²) in [6.07, 6.45) is 8.87. The molecule has 0 amide bonds. The molecule has 58 heavy (non-hydrogen) atoms. The molecule has 0 spiro atoms. The Bertz CT molecular complexity index is 2180. The Morgan fingerprint density at radius 1 is 0.466 bits per heavy atom. The third-order valence-corrected chi connectivity index (χ3v) is 11.7. The molecule has 1 saturated heterocycles. The molecule has 0 radical (unpaired) electrons.